The normalized spacial score (nSPS) is 24.4. The molecule has 0 bridgehead atoms. The van der Waals surface area contributed by atoms with Gasteiger partial charge in [-0.05, 0) is 18.6 Å². The minimum atomic E-state index is -0.240. The quantitative estimate of drug-likeness (QED) is 0.689. The van der Waals surface area contributed by atoms with Crippen molar-refractivity contribution in [3.05, 3.63) is 0 Å². The lowest BCUT2D eigenvalue weighted by molar-refractivity contribution is -0.121. The lowest BCUT2D eigenvalue weighted by Gasteiger charge is -2.11. The van der Waals surface area contributed by atoms with E-state index in [0.29, 0.717) is 31.3 Å². The van der Waals surface area contributed by atoms with Crippen LogP contribution in [0.15, 0.2) is 0 Å². The number of thiol groups is 1. The first-order valence-electron chi connectivity index (χ1n) is 5.55. The fourth-order valence-electron chi connectivity index (χ4n) is 1.75. The third-order valence-electron chi connectivity index (χ3n) is 2.76. The van der Waals surface area contributed by atoms with Crippen LogP contribution in [-0.4, -0.2) is 47.9 Å². The van der Waals surface area contributed by atoms with Crippen LogP contribution in [-0.2, 0) is 9.53 Å². The topological polar surface area (TPSA) is 58.6 Å². The second-order valence-corrected chi connectivity index (χ2v) is 4.61. The maximum absolute atomic E-state index is 11.4. The number of rotatable bonds is 5. The van der Waals surface area contributed by atoms with Crippen LogP contribution >= 0.6 is 12.6 Å². The molecule has 0 aromatic rings. The molecule has 2 amide bonds. The summed E-state index contributed by atoms with van der Waals surface area (Å²) in [5, 5.41) is 2.73. The summed E-state index contributed by atoms with van der Waals surface area (Å²) in [6.07, 6.45) is 2.12. The summed E-state index contributed by atoms with van der Waals surface area (Å²) in [5.41, 5.74) is 0. The van der Waals surface area contributed by atoms with Crippen molar-refractivity contribution in [2.24, 2.45) is 0 Å². The van der Waals surface area contributed by atoms with Gasteiger partial charge < -0.3 is 15.0 Å². The van der Waals surface area contributed by atoms with Crippen LogP contribution in [0.25, 0.3) is 0 Å². The molecule has 90 valence electrons. The summed E-state index contributed by atoms with van der Waals surface area (Å²) in [4.78, 5) is 24.4. The highest BCUT2D eigenvalue weighted by molar-refractivity contribution is 7.80. The minimum Gasteiger partial charge on any atom is -0.442 e. The van der Waals surface area contributed by atoms with Gasteiger partial charge in [0.1, 0.15) is 6.10 Å². The molecule has 1 aliphatic heterocycles. The first-order chi connectivity index (χ1) is 7.70. The Morgan fingerprint density at radius 1 is 1.56 bits per heavy atom. The van der Waals surface area contributed by atoms with Crippen LogP contribution in [0.3, 0.4) is 0 Å². The second-order valence-electron chi connectivity index (χ2n) is 4.17. The lowest BCUT2D eigenvalue weighted by atomic mass is 10.3. The number of cyclic esters (lactones) is 1. The van der Waals surface area contributed by atoms with E-state index in [0.717, 1.165) is 12.8 Å². The molecule has 6 heteroatoms. The Morgan fingerprint density at radius 3 is 2.94 bits per heavy atom. The summed E-state index contributed by atoms with van der Waals surface area (Å²) < 4.78 is 5.16. The van der Waals surface area contributed by atoms with Crippen molar-refractivity contribution in [3.63, 3.8) is 0 Å². The summed E-state index contributed by atoms with van der Waals surface area (Å²) in [5.74, 6) is 0.487. The van der Waals surface area contributed by atoms with Gasteiger partial charge in [0.15, 0.2) is 0 Å². The number of carbonyl (C=O) groups excluding carboxylic acids is 2. The molecule has 0 radical (unpaired) electrons. The fraction of sp³-hybridized carbons (Fsp3) is 0.800. The molecule has 2 rings (SSSR count). The first kappa shape index (κ1) is 11.6. The molecule has 16 heavy (non-hydrogen) atoms. The summed E-state index contributed by atoms with van der Waals surface area (Å²) >= 11 is 3.97. The summed E-state index contributed by atoms with van der Waals surface area (Å²) in [7, 11) is 0. The van der Waals surface area contributed by atoms with Gasteiger partial charge in [0.05, 0.1) is 13.1 Å². The van der Waals surface area contributed by atoms with Gasteiger partial charge in [-0.1, -0.05) is 0 Å². The van der Waals surface area contributed by atoms with Gasteiger partial charge in [0, 0.05) is 12.5 Å². The van der Waals surface area contributed by atoms with E-state index in [4.69, 9.17) is 4.74 Å². The maximum atomic E-state index is 11.4. The van der Waals surface area contributed by atoms with Crippen molar-refractivity contribution in [3.8, 4) is 0 Å². The predicted molar refractivity (Wildman–Crippen MR) is 61.5 cm³/mol. The number of nitrogens with one attached hydrogen (secondary N) is 1. The van der Waals surface area contributed by atoms with E-state index >= 15 is 0 Å². The zero-order valence-corrected chi connectivity index (χ0v) is 9.91. The monoisotopic (exact) mass is 244 g/mol. The van der Waals surface area contributed by atoms with E-state index in [9.17, 15) is 9.59 Å². The van der Waals surface area contributed by atoms with Gasteiger partial charge in [-0.3, -0.25) is 4.79 Å². The fourth-order valence-corrected chi connectivity index (χ4v) is 1.95. The summed E-state index contributed by atoms with van der Waals surface area (Å²) in [6.45, 7) is 1.01. The molecule has 1 atom stereocenters. The molecule has 1 saturated carbocycles. The molecule has 2 aliphatic rings. The third-order valence-corrected chi connectivity index (χ3v) is 2.98. The number of hydrogen-bond acceptors (Lipinski definition) is 4. The standard InChI is InChI=1S/C10H16N2O3S/c13-9(3-4-16)11-5-8-6-12(7-1-2-7)10(14)15-8/h7-8,16H,1-6H2,(H,11,13). The van der Waals surface area contributed by atoms with Crippen molar-refractivity contribution in [2.75, 3.05) is 18.8 Å². The molecule has 1 N–H and O–H groups in total. The van der Waals surface area contributed by atoms with Crippen molar-refractivity contribution < 1.29 is 14.3 Å². The van der Waals surface area contributed by atoms with Crippen molar-refractivity contribution in [1.82, 2.24) is 10.2 Å². The van der Waals surface area contributed by atoms with Crippen LogP contribution in [0, 0.1) is 0 Å². The molecule has 0 spiro atoms. The number of ether oxygens (including phenoxy) is 1. The van der Waals surface area contributed by atoms with E-state index in [1.165, 1.54) is 0 Å². The Morgan fingerprint density at radius 2 is 2.31 bits per heavy atom. The Bertz CT molecular complexity index is 294. The smallest absolute Gasteiger partial charge is 0.410 e. The van der Waals surface area contributed by atoms with Gasteiger partial charge in [-0.2, -0.15) is 12.6 Å². The average molecular weight is 244 g/mol. The molecule has 1 aliphatic carbocycles. The molecule has 5 nitrogen and oxygen atoms in total. The number of amides is 2. The minimum absolute atomic E-state index is 0.0454. The molecule has 1 heterocycles. The number of nitrogens with zero attached hydrogens (tertiary/aromatic N) is 1. The van der Waals surface area contributed by atoms with Gasteiger partial charge in [-0.15, -0.1) is 0 Å². The molecule has 0 aromatic carbocycles. The molecular weight excluding hydrogens is 228 g/mol. The van der Waals surface area contributed by atoms with Crippen molar-refractivity contribution in [1.29, 1.82) is 0 Å². The van der Waals surface area contributed by atoms with Gasteiger partial charge in [-0.25, -0.2) is 4.79 Å². The predicted octanol–water partition coefficient (Wildman–Crippen LogP) is 0.406. The number of carbonyl (C=O) groups is 2. The zero-order chi connectivity index (χ0) is 11.5. The van der Waals surface area contributed by atoms with E-state index in [-0.39, 0.29) is 18.1 Å². The molecule has 1 saturated heterocycles. The van der Waals surface area contributed by atoms with Crippen molar-refractivity contribution >= 4 is 24.6 Å². The van der Waals surface area contributed by atoms with Crippen molar-refractivity contribution in [2.45, 2.75) is 31.4 Å². The van der Waals surface area contributed by atoms with Gasteiger partial charge in [0.2, 0.25) is 5.91 Å². The number of hydrogen-bond donors (Lipinski definition) is 2. The third kappa shape index (κ3) is 2.81. The maximum Gasteiger partial charge on any atom is 0.410 e. The Balaban J connectivity index is 1.71. The van der Waals surface area contributed by atoms with Crippen LogP contribution in [0.5, 0.6) is 0 Å². The largest absolute Gasteiger partial charge is 0.442 e. The van der Waals surface area contributed by atoms with E-state index in [1.807, 2.05) is 0 Å². The average Bonchev–Trinajstić information content (AvgIpc) is 3.01. The summed E-state index contributed by atoms with van der Waals surface area (Å²) in [6, 6.07) is 0.380. The first-order valence-corrected chi connectivity index (χ1v) is 6.18. The Labute approximate surface area is 99.9 Å². The van der Waals surface area contributed by atoms with Crippen LogP contribution in [0.1, 0.15) is 19.3 Å². The Hall–Kier alpha value is -0.910. The SMILES string of the molecule is O=C(CCS)NCC1CN(C2CC2)C(=O)O1. The van der Waals surface area contributed by atoms with E-state index in [1.54, 1.807) is 4.90 Å². The molecule has 1 unspecified atom stereocenters. The van der Waals surface area contributed by atoms with E-state index < -0.39 is 0 Å². The zero-order valence-electron chi connectivity index (χ0n) is 9.02. The highest BCUT2D eigenvalue weighted by Gasteiger charge is 2.40. The highest BCUT2D eigenvalue weighted by Crippen LogP contribution is 2.30. The lowest BCUT2D eigenvalue weighted by Crippen LogP contribution is -2.35. The highest BCUT2D eigenvalue weighted by atomic mass is 32.1. The molecule has 0 aromatic heterocycles. The van der Waals surface area contributed by atoms with Crippen LogP contribution in [0.4, 0.5) is 4.79 Å². The second kappa shape index (κ2) is 4.95. The van der Waals surface area contributed by atoms with Crippen LogP contribution < -0.4 is 5.32 Å². The van der Waals surface area contributed by atoms with Crippen LogP contribution in [0.2, 0.25) is 0 Å². The molecular formula is C10H16N2O3S. The van der Waals surface area contributed by atoms with Gasteiger partial charge in [0.25, 0.3) is 0 Å². The molecule has 2 fully saturated rings. The Kier molecular flexibility index (Phi) is 3.58. The van der Waals surface area contributed by atoms with E-state index in [2.05, 4.69) is 17.9 Å². The van der Waals surface area contributed by atoms with Gasteiger partial charge >= 0.3 is 6.09 Å².